The van der Waals surface area contributed by atoms with Crippen LogP contribution in [0, 0.1) is 0 Å². The van der Waals surface area contributed by atoms with Crippen LogP contribution in [-0.4, -0.2) is 4.57 Å². The maximum atomic E-state index is 2.46. The maximum absolute atomic E-state index is 2.46. The Morgan fingerprint density at radius 1 is 0.407 bits per heavy atom. The van der Waals surface area contributed by atoms with Gasteiger partial charge in [0.1, 0.15) is 0 Å². The minimum Gasteiger partial charge on any atom is -0.309 e. The number of hydrogen-bond donors (Lipinski definition) is 0. The van der Waals surface area contributed by atoms with Crippen molar-refractivity contribution in [1.29, 1.82) is 0 Å². The molecule has 0 fully saturated rings. The average Bonchev–Trinajstić information content (AvgIpc) is 3.66. The summed E-state index contributed by atoms with van der Waals surface area (Å²) in [5, 5.41) is 2.55. The van der Waals surface area contributed by atoms with E-state index in [0.29, 0.717) is 0 Å². The van der Waals surface area contributed by atoms with Crippen molar-refractivity contribution in [3.05, 3.63) is 193 Å². The molecule has 11 rings (SSSR count). The highest BCUT2D eigenvalue weighted by atomic mass is 32.2. The summed E-state index contributed by atoms with van der Waals surface area (Å²) in [5.41, 5.74) is 17.5. The van der Waals surface area contributed by atoms with Crippen LogP contribution < -0.4 is 4.90 Å². The lowest BCUT2D eigenvalue weighted by molar-refractivity contribution is 0.661. The molecule has 0 N–H and O–H groups in total. The zero-order valence-corrected chi connectivity index (χ0v) is 30.9. The zero-order chi connectivity index (χ0) is 36.0. The van der Waals surface area contributed by atoms with Crippen LogP contribution in [0.3, 0.4) is 0 Å². The van der Waals surface area contributed by atoms with Crippen molar-refractivity contribution in [2.45, 2.75) is 29.1 Å². The number of hydrogen-bond acceptors (Lipinski definition) is 2. The van der Waals surface area contributed by atoms with Crippen LogP contribution >= 0.6 is 11.8 Å². The first-order valence-electron chi connectivity index (χ1n) is 18.7. The van der Waals surface area contributed by atoms with Crippen molar-refractivity contribution in [1.82, 2.24) is 4.57 Å². The number of anilines is 3. The highest BCUT2D eigenvalue weighted by molar-refractivity contribution is 7.99. The van der Waals surface area contributed by atoms with E-state index in [0.717, 1.165) is 5.69 Å². The van der Waals surface area contributed by atoms with Gasteiger partial charge in [-0.25, -0.2) is 0 Å². The molecule has 0 saturated carbocycles. The Hall–Kier alpha value is -6.29. The second-order valence-corrected chi connectivity index (χ2v) is 16.1. The second-order valence-electron chi connectivity index (χ2n) is 15.0. The highest BCUT2D eigenvalue weighted by Crippen LogP contribution is 2.54. The fourth-order valence-corrected chi connectivity index (χ4v) is 10.0. The van der Waals surface area contributed by atoms with Gasteiger partial charge in [0.05, 0.1) is 22.4 Å². The standard InChI is InChI=1S/C51H36N2S/c1-51(2)43-21-13-12-20-39(43)40-31-42-41-28-34(22-25-45(41)52(48(42)32-44(40)51)37-16-8-4-9-17-37)36-24-27-47-50(30-36)54-49-29-35(33-14-6-3-7-15-33)23-26-46(49)53(47)38-18-10-5-11-19-38/h3-32H,1-2H3. The number of aromatic nitrogens is 1. The predicted octanol–water partition coefficient (Wildman–Crippen LogP) is 14.4. The van der Waals surface area contributed by atoms with Crippen molar-refractivity contribution >= 4 is 50.6 Å². The summed E-state index contributed by atoms with van der Waals surface area (Å²) in [7, 11) is 0. The second kappa shape index (κ2) is 11.9. The molecule has 0 atom stereocenters. The number of benzene rings is 8. The molecule has 1 aliphatic heterocycles. The summed E-state index contributed by atoms with van der Waals surface area (Å²) < 4.78 is 2.45. The molecule has 0 bridgehead atoms. The molecule has 9 aromatic rings. The molecular weight excluding hydrogens is 673 g/mol. The summed E-state index contributed by atoms with van der Waals surface area (Å²) >= 11 is 1.87. The van der Waals surface area contributed by atoms with Crippen molar-refractivity contribution in [2.24, 2.45) is 0 Å². The van der Waals surface area contributed by atoms with Crippen LogP contribution in [0.5, 0.6) is 0 Å². The van der Waals surface area contributed by atoms with Gasteiger partial charge in [-0.15, -0.1) is 0 Å². The summed E-state index contributed by atoms with van der Waals surface area (Å²) in [4.78, 5) is 4.91. The Balaban J connectivity index is 1.09. The molecule has 256 valence electrons. The van der Waals surface area contributed by atoms with E-state index < -0.39 is 0 Å². The van der Waals surface area contributed by atoms with E-state index in [1.807, 2.05) is 11.8 Å². The van der Waals surface area contributed by atoms with Crippen LogP contribution in [0.25, 0.3) is 60.9 Å². The van der Waals surface area contributed by atoms with Gasteiger partial charge in [0.2, 0.25) is 0 Å². The van der Waals surface area contributed by atoms with Gasteiger partial charge in [0.15, 0.2) is 0 Å². The first-order valence-corrected chi connectivity index (χ1v) is 19.5. The summed E-state index contributed by atoms with van der Waals surface area (Å²) in [6.45, 7) is 4.73. The first kappa shape index (κ1) is 31.3. The fraction of sp³-hybridized carbons (Fsp3) is 0.0588. The molecule has 0 spiro atoms. The van der Waals surface area contributed by atoms with Gasteiger partial charge in [-0.05, 0) is 117 Å². The van der Waals surface area contributed by atoms with E-state index in [4.69, 9.17) is 0 Å². The lowest BCUT2D eigenvalue weighted by atomic mass is 9.82. The van der Waals surface area contributed by atoms with Crippen LogP contribution in [0.2, 0.25) is 0 Å². The molecule has 54 heavy (non-hydrogen) atoms. The molecule has 0 unspecified atom stereocenters. The van der Waals surface area contributed by atoms with Crippen LogP contribution in [0.4, 0.5) is 17.1 Å². The third-order valence-corrected chi connectivity index (χ3v) is 12.7. The molecule has 8 aromatic carbocycles. The average molecular weight is 709 g/mol. The van der Waals surface area contributed by atoms with Gasteiger partial charge < -0.3 is 9.47 Å². The molecule has 2 heterocycles. The van der Waals surface area contributed by atoms with Crippen LogP contribution in [0.15, 0.2) is 192 Å². The lowest BCUT2D eigenvalue weighted by Crippen LogP contribution is -2.14. The lowest BCUT2D eigenvalue weighted by Gasteiger charge is -2.33. The molecule has 2 aliphatic rings. The first-order chi connectivity index (χ1) is 26.5. The number of para-hydroxylation sites is 2. The Kier molecular flexibility index (Phi) is 6.87. The third-order valence-electron chi connectivity index (χ3n) is 11.6. The normalized spacial score (nSPS) is 13.8. The van der Waals surface area contributed by atoms with Gasteiger partial charge in [-0.1, -0.05) is 135 Å². The van der Waals surface area contributed by atoms with Crippen molar-refractivity contribution in [2.75, 3.05) is 4.90 Å². The summed E-state index contributed by atoms with van der Waals surface area (Å²) in [6.07, 6.45) is 0. The minimum absolute atomic E-state index is 0.0713. The number of rotatable bonds is 4. The molecule has 1 aromatic heterocycles. The molecular formula is C51H36N2S. The number of fused-ring (bicyclic) bond motifs is 8. The quantitative estimate of drug-likeness (QED) is 0.180. The van der Waals surface area contributed by atoms with E-state index in [2.05, 4.69) is 205 Å². The van der Waals surface area contributed by atoms with Crippen LogP contribution in [0.1, 0.15) is 25.0 Å². The third kappa shape index (κ3) is 4.68. The SMILES string of the molecule is CC1(C)c2ccccc2-c2cc3c4cc(-c5ccc6c(c5)Sc5cc(-c7ccccc7)ccc5N6c5ccccc5)ccc4n(-c4ccccc4)c3cc21. The van der Waals surface area contributed by atoms with E-state index >= 15 is 0 Å². The van der Waals surface area contributed by atoms with Crippen molar-refractivity contribution in [3.63, 3.8) is 0 Å². The van der Waals surface area contributed by atoms with Gasteiger partial charge in [0, 0.05) is 37.4 Å². The Morgan fingerprint density at radius 2 is 0.963 bits per heavy atom. The van der Waals surface area contributed by atoms with E-state index in [9.17, 15) is 0 Å². The maximum Gasteiger partial charge on any atom is 0.0602 e. The Morgan fingerprint density at radius 3 is 1.67 bits per heavy atom. The Labute approximate surface area is 320 Å². The summed E-state index contributed by atoms with van der Waals surface area (Å²) in [5.74, 6) is 0. The Bertz CT molecular complexity index is 2920. The number of nitrogens with zero attached hydrogens (tertiary/aromatic N) is 2. The molecule has 1 aliphatic carbocycles. The zero-order valence-electron chi connectivity index (χ0n) is 30.1. The van der Waals surface area contributed by atoms with Crippen molar-refractivity contribution < 1.29 is 0 Å². The topological polar surface area (TPSA) is 8.17 Å². The largest absolute Gasteiger partial charge is 0.309 e. The van der Waals surface area contributed by atoms with Gasteiger partial charge in [0.25, 0.3) is 0 Å². The molecule has 2 nitrogen and oxygen atoms in total. The van der Waals surface area contributed by atoms with Gasteiger partial charge >= 0.3 is 0 Å². The fourth-order valence-electron chi connectivity index (χ4n) is 8.90. The van der Waals surface area contributed by atoms with E-state index in [1.54, 1.807) is 0 Å². The van der Waals surface area contributed by atoms with E-state index in [-0.39, 0.29) is 5.41 Å². The van der Waals surface area contributed by atoms with E-state index in [1.165, 1.54) is 93.2 Å². The summed E-state index contributed by atoms with van der Waals surface area (Å²) in [6, 6.07) is 67.0. The van der Waals surface area contributed by atoms with Crippen molar-refractivity contribution in [3.8, 4) is 39.1 Å². The molecule has 3 heteroatoms. The molecule has 0 radical (unpaired) electrons. The monoisotopic (exact) mass is 708 g/mol. The predicted molar refractivity (Wildman–Crippen MR) is 228 cm³/mol. The highest BCUT2D eigenvalue weighted by Gasteiger charge is 2.36. The van der Waals surface area contributed by atoms with Crippen LogP contribution in [-0.2, 0) is 5.41 Å². The minimum atomic E-state index is -0.0713. The molecule has 0 amide bonds. The molecule has 0 saturated heterocycles. The smallest absolute Gasteiger partial charge is 0.0602 e. The van der Waals surface area contributed by atoms with Gasteiger partial charge in [-0.2, -0.15) is 0 Å². The van der Waals surface area contributed by atoms with Gasteiger partial charge in [-0.3, -0.25) is 0 Å².